The minimum atomic E-state index is -0.589. The van der Waals surface area contributed by atoms with Gasteiger partial charge in [-0.2, -0.15) is 0 Å². The summed E-state index contributed by atoms with van der Waals surface area (Å²) in [6.45, 7) is 3.97. The van der Waals surface area contributed by atoms with Gasteiger partial charge in [0.25, 0.3) is 5.91 Å². The van der Waals surface area contributed by atoms with E-state index in [-0.39, 0.29) is 18.2 Å². The van der Waals surface area contributed by atoms with Crippen LogP contribution in [0.3, 0.4) is 0 Å². The number of carbonyl (C=O) groups is 2. The summed E-state index contributed by atoms with van der Waals surface area (Å²) in [7, 11) is 0. The molecule has 0 aliphatic carbocycles. The summed E-state index contributed by atoms with van der Waals surface area (Å²) in [5.41, 5.74) is 3.46. The molecular weight excluding hydrogens is 347 g/mol. The van der Waals surface area contributed by atoms with Gasteiger partial charge in [-0.15, -0.1) is 0 Å². The number of nitrogens with one attached hydrogen (secondary N) is 1. The van der Waals surface area contributed by atoms with Crippen molar-refractivity contribution < 1.29 is 9.59 Å². The topological polar surface area (TPSA) is 49.4 Å². The van der Waals surface area contributed by atoms with E-state index in [0.29, 0.717) is 15.7 Å². The van der Waals surface area contributed by atoms with E-state index in [9.17, 15) is 9.59 Å². The molecule has 2 aromatic rings. The van der Waals surface area contributed by atoms with Gasteiger partial charge in [-0.1, -0.05) is 40.9 Å². The standard InChI is InChI=1S/C18H16Cl2N2O2/c1-10-3-6-15(11(2)7-10)21-16-9-17(23)22(18(16)24)12-4-5-13(19)14(20)8-12/h3-8,16,21H,9H2,1-2H3. The molecule has 1 unspecified atom stereocenters. The highest BCUT2D eigenvalue weighted by molar-refractivity contribution is 6.42. The van der Waals surface area contributed by atoms with Crippen LogP contribution in [0.4, 0.5) is 11.4 Å². The van der Waals surface area contributed by atoms with Crippen LogP contribution < -0.4 is 10.2 Å². The van der Waals surface area contributed by atoms with Crippen molar-refractivity contribution in [3.63, 3.8) is 0 Å². The first kappa shape index (κ1) is 16.8. The lowest BCUT2D eigenvalue weighted by Gasteiger charge is -2.17. The lowest BCUT2D eigenvalue weighted by Crippen LogP contribution is -2.34. The van der Waals surface area contributed by atoms with Gasteiger partial charge in [-0.3, -0.25) is 9.59 Å². The highest BCUT2D eigenvalue weighted by Crippen LogP contribution is 2.31. The Morgan fingerprint density at radius 1 is 1.04 bits per heavy atom. The van der Waals surface area contributed by atoms with Gasteiger partial charge in [-0.05, 0) is 43.7 Å². The van der Waals surface area contributed by atoms with Gasteiger partial charge in [0.15, 0.2) is 0 Å². The summed E-state index contributed by atoms with van der Waals surface area (Å²) in [4.78, 5) is 26.1. The number of imide groups is 1. The van der Waals surface area contributed by atoms with Gasteiger partial charge >= 0.3 is 0 Å². The Balaban J connectivity index is 1.84. The average molecular weight is 363 g/mol. The number of benzene rings is 2. The smallest absolute Gasteiger partial charge is 0.256 e. The molecule has 1 atom stereocenters. The summed E-state index contributed by atoms with van der Waals surface area (Å²) in [5, 5.41) is 3.86. The van der Waals surface area contributed by atoms with Crippen LogP contribution in [0, 0.1) is 13.8 Å². The third-order valence-electron chi connectivity index (χ3n) is 4.02. The second-order valence-electron chi connectivity index (χ2n) is 5.89. The number of rotatable bonds is 3. The molecule has 0 spiro atoms. The van der Waals surface area contributed by atoms with Crippen LogP contribution in [0.5, 0.6) is 0 Å². The van der Waals surface area contributed by atoms with Gasteiger partial charge in [0.1, 0.15) is 6.04 Å². The van der Waals surface area contributed by atoms with E-state index >= 15 is 0 Å². The number of halogens is 2. The molecule has 0 radical (unpaired) electrons. The zero-order valence-corrected chi connectivity index (χ0v) is 14.8. The van der Waals surface area contributed by atoms with E-state index in [1.807, 2.05) is 32.0 Å². The fourth-order valence-electron chi connectivity index (χ4n) is 2.80. The van der Waals surface area contributed by atoms with Crippen molar-refractivity contribution in [2.24, 2.45) is 0 Å². The lowest BCUT2D eigenvalue weighted by molar-refractivity contribution is -0.121. The molecule has 124 valence electrons. The first-order chi connectivity index (χ1) is 11.4. The zero-order chi connectivity index (χ0) is 17.4. The van der Waals surface area contributed by atoms with E-state index < -0.39 is 6.04 Å². The first-order valence-corrected chi connectivity index (χ1v) is 8.28. The summed E-state index contributed by atoms with van der Waals surface area (Å²) >= 11 is 11.9. The minimum Gasteiger partial charge on any atom is -0.373 e. The van der Waals surface area contributed by atoms with Gasteiger partial charge in [0.05, 0.1) is 22.2 Å². The van der Waals surface area contributed by atoms with E-state index in [1.54, 1.807) is 12.1 Å². The first-order valence-electron chi connectivity index (χ1n) is 7.52. The molecule has 1 fully saturated rings. The highest BCUT2D eigenvalue weighted by atomic mass is 35.5. The van der Waals surface area contributed by atoms with Gasteiger partial charge in [-0.25, -0.2) is 4.90 Å². The molecule has 0 saturated carbocycles. The van der Waals surface area contributed by atoms with Gasteiger partial charge in [0, 0.05) is 5.69 Å². The third kappa shape index (κ3) is 3.12. The second-order valence-corrected chi connectivity index (χ2v) is 6.70. The van der Waals surface area contributed by atoms with E-state index in [4.69, 9.17) is 23.2 Å². The highest BCUT2D eigenvalue weighted by Gasteiger charge is 2.39. The molecule has 0 aromatic heterocycles. The van der Waals surface area contributed by atoms with Crippen LogP contribution in [0.15, 0.2) is 36.4 Å². The molecule has 1 heterocycles. The predicted octanol–water partition coefficient (Wildman–Crippen LogP) is 4.35. The third-order valence-corrected chi connectivity index (χ3v) is 4.76. The number of hydrogen-bond donors (Lipinski definition) is 1. The molecule has 3 rings (SSSR count). The molecule has 6 heteroatoms. The zero-order valence-electron chi connectivity index (χ0n) is 13.3. The summed E-state index contributed by atoms with van der Waals surface area (Å²) in [6, 6.07) is 10.0. The van der Waals surface area contributed by atoms with Crippen molar-refractivity contribution in [3.05, 3.63) is 57.6 Å². The molecule has 1 aliphatic heterocycles. The molecular formula is C18H16Cl2N2O2. The lowest BCUT2D eigenvalue weighted by atomic mass is 10.1. The summed E-state index contributed by atoms with van der Waals surface area (Å²) in [5.74, 6) is -0.556. The molecule has 1 aliphatic rings. The predicted molar refractivity (Wildman–Crippen MR) is 96.9 cm³/mol. The Morgan fingerprint density at radius 3 is 2.46 bits per heavy atom. The SMILES string of the molecule is Cc1ccc(NC2CC(=O)N(c3ccc(Cl)c(Cl)c3)C2=O)c(C)c1. The fraction of sp³-hybridized carbons (Fsp3) is 0.222. The van der Waals surface area contributed by atoms with E-state index in [2.05, 4.69) is 5.32 Å². The maximum Gasteiger partial charge on any atom is 0.256 e. The Kier molecular flexibility index (Phi) is 4.52. The number of anilines is 2. The maximum absolute atomic E-state index is 12.7. The number of aryl methyl sites for hydroxylation is 2. The van der Waals surface area contributed by atoms with Crippen LogP contribution in [0.1, 0.15) is 17.5 Å². The average Bonchev–Trinajstić information content (AvgIpc) is 2.79. The molecule has 0 bridgehead atoms. The van der Waals surface area contributed by atoms with E-state index in [1.165, 1.54) is 6.07 Å². The normalized spacial score (nSPS) is 17.5. The van der Waals surface area contributed by atoms with E-state index in [0.717, 1.165) is 21.7 Å². The van der Waals surface area contributed by atoms with Crippen LogP contribution in [0.25, 0.3) is 0 Å². The molecule has 1 saturated heterocycles. The van der Waals surface area contributed by atoms with Crippen molar-refractivity contribution in [1.82, 2.24) is 0 Å². The van der Waals surface area contributed by atoms with Crippen molar-refractivity contribution in [2.75, 3.05) is 10.2 Å². The van der Waals surface area contributed by atoms with Crippen LogP contribution >= 0.6 is 23.2 Å². The Morgan fingerprint density at radius 2 is 1.79 bits per heavy atom. The van der Waals surface area contributed by atoms with Crippen LogP contribution in [0.2, 0.25) is 10.0 Å². The number of hydrogen-bond acceptors (Lipinski definition) is 3. The van der Waals surface area contributed by atoms with Crippen LogP contribution in [-0.4, -0.2) is 17.9 Å². The largest absolute Gasteiger partial charge is 0.373 e. The van der Waals surface area contributed by atoms with Crippen LogP contribution in [-0.2, 0) is 9.59 Å². The Hall–Kier alpha value is -2.04. The summed E-state index contributed by atoms with van der Waals surface area (Å²) in [6.07, 6.45) is 0.104. The number of amides is 2. The Bertz CT molecular complexity index is 836. The molecule has 2 amide bonds. The van der Waals surface area contributed by atoms with Gasteiger partial charge < -0.3 is 5.32 Å². The second kappa shape index (κ2) is 6.46. The molecule has 4 nitrogen and oxygen atoms in total. The molecule has 2 aromatic carbocycles. The maximum atomic E-state index is 12.7. The molecule has 1 N–H and O–H groups in total. The van der Waals surface area contributed by atoms with Crippen molar-refractivity contribution in [2.45, 2.75) is 26.3 Å². The fourth-order valence-corrected chi connectivity index (χ4v) is 3.10. The minimum absolute atomic E-state index is 0.104. The van der Waals surface area contributed by atoms with Crippen molar-refractivity contribution in [1.29, 1.82) is 0 Å². The number of carbonyl (C=O) groups excluding carboxylic acids is 2. The quantitative estimate of drug-likeness (QED) is 0.825. The van der Waals surface area contributed by atoms with Crippen molar-refractivity contribution >= 4 is 46.4 Å². The van der Waals surface area contributed by atoms with Crippen molar-refractivity contribution in [3.8, 4) is 0 Å². The monoisotopic (exact) mass is 362 g/mol. The molecule has 24 heavy (non-hydrogen) atoms. The summed E-state index contributed by atoms with van der Waals surface area (Å²) < 4.78 is 0. The Labute approximate surface area is 150 Å². The van der Waals surface area contributed by atoms with Gasteiger partial charge in [0.2, 0.25) is 5.91 Å². The number of nitrogens with zero attached hydrogens (tertiary/aromatic N) is 1.